The topological polar surface area (TPSA) is 32.8 Å². The second-order valence-corrected chi connectivity index (χ2v) is 21.7. The van der Waals surface area contributed by atoms with E-state index in [0.29, 0.717) is 11.8 Å². The predicted octanol–water partition coefficient (Wildman–Crippen LogP) is 21.3. The largest absolute Gasteiger partial charge is 0.454 e. The molecule has 0 aliphatic heterocycles. The Morgan fingerprint density at radius 2 is 0.730 bits per heavy atom. The van der Waals surface area contributed by atoms with Crippen LogP contribution in [0.4, 0.5) is 34.1 Å². The minimum atomic E-state index is 0.623. The average molecular weight is 965 g/mol. The van der Waals surface area contributed by atoms with Crippen LogP contribution in [0, 0.1) is 0 Å². The van der Waals surface area contributed by atoms with Crippen LogP contribution in [0.2, 0.25) is 0 Å². The summed E-state index contributed by atoms with van der Waals surface area (Å²) in [5.41, 5.74) is 15.9. The third-order valence-electron chi connectivity index (χ3n) is 17.2. The maximum absolute atomic E-state index is 7.12. The van der Waals surface area contributed by atoms with Crippen LogP contribution in [0.1, 0.15) is 125 Å². The minimum Gasteiger partial charge on any atom is -0.454 e. The molecule has 2 aliphatic rings. The summed E-state index contributed by atoms with van der Waals surface area (Å²) in [7, 11) is 0. The fourth-order valence-electron chi connectivity index (χ4n) is 13.7. The van der Waals surface area contributed by atoms with Crippen molar-refractivity contribution >= 4 is 110 Å². The second-order valence-electron chi connectivity index (χ2n) is 21.7. The van der Waals surface area contributed by atoms with Crippen molar-refractivity contribution in [3.63, 3.8) is 0 Å². The van der Waals surface area contributed by atoms with Crippen LogP contribution >= 0.6 is 0 Å². The molecular weight excluding hydrogens is 901 g/mol. The molecule has 0 atom stereocenters. The molecule has 0 radical (unpaired) electrons. The van der Waals surface area contributed by atoms with Crippen molar-refractivity contribution in [1.29, 1.82) is 0 Å². The Bertz CT molecular complexity index is 3750. The van der Waals surface area contributed by atoms with Gasteiger partial charge < -0.3 is 18.6 Å². The summed E-state index contributed by atoms with van der Waals surface area (Å²) in [6, 6.07) is 64.6. The van der Waals surface area contributed by atoms with Gasteiger partial charge in [0.05, 0.1) is 22.7 Å². The average Bonchev–Trinajstić information content (AvgIpc) is 4.09. The summed E-state index contributed by atoms with van der Waals surface area (Å²) in [6.07, 6.45) is 17.1. The Balaban J connectivity index is 0.988. The number of benzene rings is 10. The third-order valence-corrected chi connectivity index (χ3v) is 17.2. The van der Waals surface area contributed by atoms with Crippen LogP contribution in [0.25, 0.3) is 76.2 Å². The highest BCUT2D eigenvalue weighted by atomic mass is 16.3. The molecular formula is C70H64N2O2. The van der Waals surface area contributed by atoms with E-state index < -0.39 is 0 Å². The molecule has 2 aliphatic carbocycles. The van der Waals surface area contributed by atoms with Crippen molar-refractivity contribution in [3.8, 4) is 0 Å². The van der Waals surface area contributed by atoms with Gasteiger partial charge in [-0.25, -0.2) is 0 Å². The maximum atomic E-state index is 7.12. The zero-order chi connectivity index (χ0) is 49.3. The van der Waals surface area contributed by atoms with Gasteiger partial charge in [0, 0.05) is 43.7 Å². The third kappa shape index (κ3) is 7.46. The summed E-state index contributed by atoms with van der Waals surface area (Å²) < 4.78 is 14.2. The SMILES string of the molecule is CCCc1cccc2c1oc1c(N(c3ccc(C4CCCCC4)cc3)c3ccc4ccc5c(N(c6ccc(C7CCCCC7)cc6)c6cccc7c6oc6c(CCC)cccc67)ccc6ccc3c4c65)cccc12. The maximum Gasteiger partial charge on any atom is 0.159 e. The highest BCUT2D eigenvalue weighted by Gasteiger charge is 2.27. The molecule has 0 bridgehead atoms. The van der Waals surface area contributed by atoms with E-state index in [-0.39, 0.29) is 0 Å². The van der Waals surface area contributed by atoms with Gasteiger partial charge in [-0.2, -0.15) is 0 Å². The van der Waals surface area contributed by atoms with Gasteiger partial charge in [0.1, 0.15) is 11.2 Å². The van der Waals surface area contributed by atoms with Gasteiger partial charge in [0.2, 0.25) is 0 Å². The molecule has 2 heterocycles. The molecule has 2 saturated carbocycles. The lowest BCUT2D eigenvalue weighted by atomic mass is 9.84. The van der Waals surface area contributed by atoms with Gasteiger partial charge in [-0.05, 0) is 143 Å². The summed E-state index contributed by atoms with van der Waals surface area (Å²) in [6.45, 7) is 4.50. The van der Waals surface area contributed by atoms with Crippen LogP contribution < -0.4 is 9.80 Å². The second kappa shape index (κ2) is 18.7. The number of para-hydroxylation sites is 4. The number of anilines is 6. The summed E-state index contributed by atoms with van der Waals surface area (Å²) in [5.74, 6) is 1.25. The first-order chi connectivity index (χ1) is 36.6. The Kier molecular flexibility index (Phi) is 11.4. The van der Waals surface area contributed by atoms with Crippen molar-refractivity contribution in [1.82, 2.24) is 0 Å². The molecule has 0 amide bonds. The normalized spacial score (nSPS) is 15.0. The van der Waals surface area contributed by atoms with Crippen molar-refractivity contribution in [2.45, 2.75) is 116 Å². The lowest BCUT2D eigenvalue weighted by Crippen LogP contribution is -2.12. The molecule has 0 spiro atoms. The van der Waals surface area contributed by atoms with Crippen LogP contribution in [0.3, 0.4) is 0 Å². The molecule has 10 aromatic carbocycles. The fraction of sp³-hybridized carbons (Fsp3) is 0.257. The van der Waals surface area contributed by atoms with Crippen LogP contribution in [0.15, 0.2) is 179 Å². The lowest BCUT2D eigenvalue weighted by Gasteiger charge is -2.30. The van der Waals surface area contributed by atoms with E-state index in [2.05, 4.69) is 194 Å². The number of fused-ring (bicyclic) bond motifs is 6. The van der Waals surface area contributed by atoms with Gasteiger partial charge >= 0.3 is 0 Å². The van der Waals surface area contributed by atoms with Crippen molar-refractivity contribution in [3.05, 3.63) is 192 Å². The van der Waals surface area contributed by atoms with E-state index >= 15 is 0 Å². The molecule has 0 unspecified atom stereocenters. The highest BCUT2D eigenvalue weighted by molar-refractivity contribution is 6.29. The van der Waals surface area contributed by atoms with E-state index in [4.69, 9.17) is 8.83 Å². The van der Waals surface area contributed by atoms with Crippen molar-refractivity contribution < 1.29 is 8.83 Å². The molecule has 0 N–H and O–H groups in total. The first kappa shape index (κ1) is 45.1. The Morgan fingerprint density at radius 1 is 0.351 bits per heavy atom. The van der Waals surface area contributed by atoms with Gasteiger partial charge in [-0.15, -0.1) is 0 Å². The van der Waals surface area contributed by atoms with Gasteiger partial charge in [-0.1, -0.05) is 187 Å². The highest BCUT2D eigenvalue weighted by Crippen LogP contribution is 2.51. The summed E-state index contributed by atoms with van der Waals surface area (Å²) >= 11 is 0. The summed E-state index contributed by atoms with van der Waals surface area (Å²) in [5, 5.41) is 12.1. The lowest BCUT2D eigenvalue weighted by molar-refractivity contribution is 0.443. The Morgan fingerprint density at radius 3 is 1.14 bits per heavy atom. The zero-order valence-electron chi connectivity index (χ0n) is 42.9. The number of hydrogen-bond donors (Lipinski definition) is 0. The fourth-order valence-corrected chi connectivity index (χ4v) is 13.7. The van der Waals surface area contributed by atoms with Gasteiger partial charge in [0.25, 0.3) is 0 Å². The van der Waals surface area contributed by atoms with E-state index in [0.717, 1.165) is 92.9 Å². The van der Waals surface area contributed by atoms with Crippen LogP contribution in [-0.4, -0.2) is 0 Å². The number of rotatable bonds is 12. The number of hydrogen-bond acceptors (Lipinski definition) is 4. The molecule has 4 nitrogen and oxygen atoms in total. The van der Waals surface area contributed by atoms with Gasteiger partial charge in [-0.3, -0.25) is 0 Å². The Hall–Kier alpha value is -7.56. The number of aryl methyl sites for hydroxylation is 2. The molecule has 366 valence electrons. The molecule has 2 aromatic heterocycles. The van der Waals surface area contributed by atoms with E-state index in [1.165, 1.54) is 130 Å². The van der Waals surface area contributed by atoms with Crippen molar-refractivity contribution in [2.75, 3.05) is 9.80 Å². The molecule has 12 aromatic rings. The number of furan rings is 2. The van der Waals surface area contributed by atoms with Gasteiger partial charge in [0.15, 0.2) is 11.2 Å². The Labute approximate surface area is 434 Å². The number of nitrogens with zero attached hydrogens (tertiary/aromatic N) is 2. The predicted molar refractivity (Wildman–Crippen MR) is 314 cm³/mol. The molecule has 0 saturated heterocycles. The quantitative estimate of drug-likeness (QED) is 0.114. The molecule has 14 rings (SSSR count). The van der Waals surface area contributed by atoms with Crippen molar-refractivity contribution in [2.24, 2.45) is 0 Å². The molecule has 74 heavy (non-hydrogen) atoms. The molecule has 2 fully saturated rings. The van der Waals surface area contributed by atoms with E-state index in [1.54, 1.807) is 0 Å². The first-order valence-electron chi connectivity index (χ1n) is 28.0. The van der Waals surface area contributed by atoms with E-state index in [1.807, 2.05) is 0 Å². The smallest absolute Gasteiger partial charge is 0.159 e. The van der Waals surface area contributed by atoms with Crippen LogP contribution in [0.5, 0.6) is 0 Å². The molecule has 4 heteroatoms. The van der Waals surface area contributed by atoms with E-state index in [9.17, 15) is 0 Å². The summed E-state index contributed by atoms with van der Waals surface area (Å²) in [4.78, 5) is 4.97. The monoisotopic (exact) mass is 964 g/mol. The standard InChI is InChI=1S/C70H64N2O2/c1-3-15-51-21-11-23-55-57-25-13-27-63(69(57)73-67(51)55)71(53-37-29-47(30-38-53)45-17-7-5-8-18-45)61-43-35-49-34-42-60-62(44-36-50-33-41-59(61)65(49)66(50)60)72(54-39-31-48(32-40-54)46-19-9-6-10-20-46)64-28-14-26-58-56-24-12-22-52(16-4-2)68(56)74-70(58)64/h11-14,21-46H,3-10,15-20H2,1-2H3. The minimum absolute atomic E-state index is 0.623. The first-order valence-corrected chi connectivity index (χ1v) is 28.0. The van der Waals surface area contributed by atoms with Crippen LogP contribution in [-0.2, 0) is 12.8 Å². The zero-order valence-corrected chi connectivity index (χ0v) is 42.9.